The van der Waals surface area contributed by atoms with Gasteiger partial charge in [-0.1, -0.05) is 18.5 Å². The molecule has 0 saturated carbocycles. The molecular formula is C17H16BrClFIN2O3. The Morgan fingerprint density at radius 3 is 2.73 bits per heavy atom. The minimum atomic E-state index is -0.582. The molecule has 2 aromatic rings. The van der Waals surface area contributed by atoms with Crippen molar-refractivity contribution in [2.24, 2.45) is 0 Å². The summed E-state index contributed by atoms with van der Waals surface area (Å²) in [6, 6.07) is 7.85. The van der Waals surface area contributed by atoms with Crippen LogP contribution >= 0.6 is 50.1 Å². The number of hydrogen-bond acceptors (Lipinski definition) is 4. The van der Waals surface area contributed by atoms with E-state index in [-0.39, 0.29) is 22.3 Å². The topological polar surface area (TPSA) is 70.6 Å². The smallest absolute Gasteiger partial charge is 0.277 e. The maximum Gasteiger partial charge on any atom is 0.277 e. The Morgan fingerprint density at radius 1 is 1.38 bits per heavy atom. The van der Waals surface area contributed by atoms with E-state index in [9.17, 15) is 9.18 Å². The number of nitrogens with one attached hydrogen (secondary N) is 2. The van der Waals surface area contributed by atoms with Crippen molar-refractivity contribution in [1.82, 2.24) is 5.48 Å². The van der Waals surface area contributed by atoms with Crippen LogP contribution in [-0.4, -0.2) is 23.7 Å². The van der Waals surface area contributed by atoms with Crippen LogP contribution in [0.1, 0.15) is 23.7 Å². The van der Waals surface area contributed by atoms with E-state index in [0.717, 1.165) is 3.57 Å². The van der Waals surface area contributed by atoms with Gasteiger partial charge in [0.05, 0.1) is 33.0 Å². The standard InChI is InChI=1S/C17H16BrClFIN2O3/c1-2-10(8-24)26-23-17(25)11-6-12(18)14(20)7-16(11)22-15-4-3-9(21)5-13(15)19/h3-7,10,22,24H,2,8H2,1H3,(H,23,25). The summed E-state index contributed by atoms with van der Waals surface area (Å²) in [6.07, 6.45) is -0.00216. The average Bonchev–Trinajstić information content (AvgIpc) is 2.61. The fourth-order valence-electron chi connectivity index (χ4n) is 2.02. The van der Waals surface area contributed by atoms with Crippen LogP contribution in [0.4, 0.5) is 15.8 Å². The number of halogens is 4. The summed E-state index contributed by atoms with van der Waals surface area (Å²) < 4.78 is 15.1. The van der Waals surface area contributed by atoms with Gasteiger partial charge in [-0.15, -0.1) is 0 Å². The highest BCUT2D eigenvalue weighted by Crippen LogP contribution is 2.31. The highest BCUT2D eigenvalue weighted by Gasteiger charge is 2.18. The van der Waals surface area contributed by atoms with Gasteiger partial charge in [0.15, 0.2) is 0 Å². The Kier molecular flexibility index (Phi) is 8.08. The molecule has 0 fully saturated rings. The third kappa shape index (κ3) is 5.53. The van der Waals surface area contributed by atoms with Gasteiger partial charge in [0, 0.05) is 3.57 Å². The first kappa shape index (κ1) is 21.4. The molecule has 0 aliphatic heterocycles. The van der Waals surface area contributed by atoms with Gasteiger partial charge in [-0.2, -0.15) is 0 Å². The maximum atomic E-state index is 14.0. The summed E-state index contributed by atoms with van der Waals surface area (Å²) >= 11 is 11.4. The number of amides is 1. The molecule has 0 saturated heterocycles. The fourth-order valence-corrected chi connectivity index (χ4v) is 3.26. The second kappa shape index (κ2) is 9.84. The van der Waals surface area contributed by atoms with Gasteiger partial charge < -0.3 is 10.4 Å². The first-order valence-electron chi connectivity index (χ1n) is 7.63. The first-order chi connectivity index (χ1) is 12.3. The first-order valence-corrected chi connectivity index (χ1v) is 9.88. The molecule has 0 bridgehead atoms. The van der Waals surface area contributed by atoms with Crippen molar-refractivity contribution in [3.05, 3.63) is 54.8 Å². The molecule has 1 atom stereocenters. The number of aliphatic hydroxyl groups is 1. The van der Waals surface area contributed by atoms with Crippen LogP contribution in [0.2, 0.25) is 5.02 Å². The van der Waals surface area contributed by atoms with Crippen molar-refractivity contribution in [3.63, 3.8) is 0 Å². The van der Waals surface area contributed by atoms with Crippen molar-refractivity contribution < 1.29 is 19.1 Å². The minimum absolute atomic E-state index is 0.135. The maximum absolute atomic E-state index is 14.0. The molecule has 0 aliphatic rings. The zero-order chi connectivity index (χ0) is 19.3. The molecule has 0 spiro atoms. The van der Waals surface area contributed by atoms with E-state index in [0.29, 0.717) is 17.1 Å². The zero-order valence-electron chi connectivity index (χ0n) is 13.7. The molecular weight excluding hydrogens is 541 g/mol. The molecule has 0 heterocycles. The molecule has 2 rings (SSSR count). The van der Waals surface area contributed by atoms with Crippen molar-refractivity contribution >= 4 is 67.4 Å². The van der Waals surface area contributed by atoms with Gasteiger partial charge in [-0.05, 0) is 75.3 Å². The molecule has 9 heteroatoms. The summed E-state index contributed by atoms with van der Waals surface area (Å²) in [5.41, 5.74) is 3.20. The van der Waals surface area contributed by atoms with E-state index in [4.69, 9.17) is 21.5 Å². The number of rotatable bonds is 7. The Labute approximate surface area is 177 Å². The summed E-state index contributed by atoms with van der Waals surface area (Å²) in [5.74, 6) is -1.12. The molecule has 3 N–H and O–H groups in total. The average molecular weight is 558 g/mol. The van der Waals surface area contributed by atoms with Crippen molar-refractivity contribution in [1.29, 1.82) is 0 Å². The number of hydrogen-bond donors (Lipinski definition) is 3. The second-order valence-electron chi connectivity index (χ2n) is 5.32. The molecule has 5 nitrogen and oxygen atoms in total. The van der Waals surface area contributed by atoms with Crippen LogP contribution in [-0.2, 0) is 4.84 Å². The Morgan fingerprint density at radius 2 is 2.12 bits per heavy atom. The Bertz CT molecular complexity index is 806. The SMILES string of the molecule is CCC(CO)ONC(=O)c1cc(Br)c(F)cc1Nc1ccc(I)cc1Cl. The number of carbonyl (C=O) groups is 1. The third-order valence-electron chi connectivity index (χ3n) is 3.48. The predicted octanol–water partition coefficient (Wildman–Crippen LogP) is 5.02. The molecule has 26 heavy (non-hydrogen) atoms. The molecule has 140 valence electrons. The molecule has 0 aliphatic carbocycles. The van der Waals surface area contributed by atoms with Crippen molar-refractivity contribution in [3.8, 4) is 0 Å². The van der Waals surface area contributed by atoms with Gasteiger partial charge in [-0.25, -0.2) is 9.87 Å². The third-order valence-corrected chi connectivity index (χ3v) is 5.07. The zero-order valence-corrected chi connectivity index (χ0v) is 18.2. The molecule has 1 amide bonds. The highest BCUT2D eigenvalue weighted by atomic mass is 127. The normalized spacial score (nSPS) is 11.9. The van der Waals surface area contributed by atoms with Gasteiger partial charge >= 0.3 is 0 Å². The van der Waals surface area contributed by atoms with Crippen molar-refractivity contribution in [2.75, 3.05) is 11.9 Å². The largest absolute Gasteiger partial charge is 0.394 e. The number of benzene rings is 2. The van der Waals surface area contributed by atoms with E-state index in [1.165, 1.54) is 12.1 Å². The van der Waals surface area contributed by atoms with E-state index in [2.05, 4.69) is 49.3 Å². The number of aliphatic hydroxyl groups excluding tert-OH is 1. The lowest BCUT2D eigenvalue weighted by atomic mass is 10.1. The summed E-state index contributed by atoms with van der Waals surface area (Å²) in [6.45, 7) is 1.58. The lowest BCUT2D eigenvalue weighted by molar-refractivity contribution is -0.0408. The van der Waals surface area contributed by atoms with Crippen LogP contribution in [0.5, 0.6) is 0 Å². The minimum Gasteiger partial charge on any atom is -0.394 e. The molecule has 0 radical (unpaired) electrons. The molecule has 0 aromatic heterocycles. The van der Waals surface area contributed by atoms with Crippen LogP contribution in [0.25, 0.3) is 0 Å². The van der Waals surface area contributed by atoms with Crippen LogP contribution in [0, 0.1) is 9.39 Å². The Hall–Kier alpha value is -0.940. The number of hydroxylamine groups is 1. The highest BCUT2D eigenvalue weighted by molar-refractivity contribution is 14.1. The molecule has 1 unspecified atom stereocenters. The summed E-state index contributed by atoms with van der Waals surface area (Å²) in [7, 11) is 0. The Balaban J connectivity index is 2.30. The quantitative estimate of drug-likeness (QED) is 0.330. The van der Waals surface area contributed by atoms with E-state index in [1.54, 1.807) is 12.1 Å². The van der Waals surface area contributed by atoms with E-state index < -0.39 is 17.8 Å². The van der Waals surface area contributed by atoms with Crippen LogP contribution in [0.3, 0.4) is 0 Å². The van der Waals surface area contributed by atoms with Gasteiger partial charge in [0.1, 0.15) is 11.9 Å². The lowest BCUT2D eigenvalue weighted by Crippen LogP contribution is -2.31. The van der Waals surface area contributed by atoms with Crippen LogP contribution in [0.15, 0.2) is 34.8 Å². The van der Waals surface area contributed by atoms with Gasteiger partial charge in [0.25, 0.3) is 5.91 Å². The van der Waals surface area contributed by atoms with E-state index >= 15 is 0 Å². The number of anilines is 2. The van der Waals surface area contributed by atoms with Gasteiger partial charge in [0.2, 0.25) is 0 Å². The fraction of sp³-hybridized carbons (Fsp3) is 0.235. The predicted molar refractivity (Wildman–Crippen MR) is 111 cm³/mol. The summed E-state index contributed by atoms with van der Waals surface area (Å²) in [4.78, 5) is 17.6. The van der Waals surface area contributed by atoms with Gasteiger partial charge in [-0.3, -0.25) is 9.63 Å². The van der Waals surface area contributed by atoms with Crippen LogP contribution < -0.4 is 10.8 Å². The number of carbonyl (C=O) groups excluding carboxylic acids is 1. The summed E-state index contributed by atoms with van der Waals surface area (Å²) in [5, 5.41) is 12.5. The van der Waals surface area contributed by atoms with E-state index in [1.807, 2.05) is 13.0 Å². The lowest BCUT2D eigenvalue weighted by Gasteiger charge is -2.16. The monoisotopic (exact) mass is 556 g/mol. The van der Waals surface area contributed by atoms with Crippen molar-refractivity contribution in [2.45, 2.75) is 19.4 Å². The second-order valence-corrected chi connectivity index (χ2v) is 7.83. The molecule has 2 aromatic carbocycles.